The van der Waals surface area contributed by atoms with Crippen molar-refractivity contribution in [3.8, 4) is 16.9 Å². The van der Waals surface area contributed by atoms with Crippen LogP contribution in [0.25, 0.3) is 26.7 Å². The quantitative estimate of drug-likeness (QED) is 0.194. The number of nitrogens with zero attached hydrogens (tertiary/aromatic N) is 1. The summed E-state index contributed by atoms with van der Waals surface area (Å²) in [5.41, 5.74) is 12.6. The van der Waals surface area contributed by atoms with Crippen LogP contribution in [-0.2, 0) is 22.4 Å². The van der Waals surface area contributed by atoms with Gasteiger partial charge in [0.05, 0.1) is 19.6 Å². The molecule has 0 bridgehead atoms. The number of carbonyl (C=O) groups is 1. The fourth-order valence-corrected chi connectivity index (χ4v) is 4.79. The molecule has 0 aliphatic heterocycles. The van der Waals surface area contributed by atoms with Crippen molar-refractivity contribution >= 4 is 28.1 Å². The summed E-state index contributed by atoms with van der Waals surface area (Å²) in [6, 6.07) is 24.1. The molecule has 0 fully saturated rings. The third-order valence-electron chi connectivity index (χ3n) is 6.51. The number of nitrogens with two attached hydrogens (primary N) is 1. The SMILES string of the molecule is [C-]#[N+]c1cccc(CC(=O)OCC)c1O[C@@H]1CCc2ccc(-c3ccc4cccc(N)c4c3)cc21. The van der Waals surface area contributed by atoms with E-state index in [4.69, 9.17) is 21.8 Å². The highest BCUT2D eigenvalue weighted by Crippen LogP contribution is 2.42. The Bertz CT molecular complexity index is 1470. The molecular formula is C30H26N2O3. The molecule has 174 valence electrons. The van der Waals surface area contributed by atoms with Crippen LogP contribution >= 0.6 is 0 Å². The Morgan fingerprint density at radius 2 is 1.86 bits per heavy atom. The van der Waals surface area contributed by atoms with E-state index in [0.29, 0.717) is 23.6 Å². The molecule has 5 nitrogen and oxygen atoms in total. The van der Waals surface area contributed by atoms with Gasteiger partial charge in [-0.05, 0) is 71.2 Å². The normalized spacial score (nSPS) is 14.3. The number of anilines is 1. The molecule has 0 aromatic heterocycles. The lowest BCUT2D eigenvalue weighted by molar-refractivity contribution is -0.142. The van der Waals surface area contributed by atoms with Gasteiger partial charge in [-0.25, -0.2) is 4.85 Å². The Balaban J connectivity index is 1.49. The van der Waals surface area contributed by atoms with Crippen LogP contribution in [0.2, 0.25) is 0 Å². The minimum absolute atomic E-state index is 0.0741. The first-order chi connectivity index (χ1) is 17.1. The summed E-state index contributed by atoms with van der Waals surface area (Å²) in [6.45, 7) is 9.71. The number of fused-ring (bicyclic) bond motifs is 2. The van der Waals surface area contributed by atoms with Gasteiger partial charge < -0.3 is 15.2 Å². The van der Waals surface area contributed by atoms with E-state index in [9.17, 15) is 4.79 Å². The van der Waals surface area contributed by atoms with Crippen LogP contribution in [0, 0.1) is 6.57 Å². The number of carbonyl (C=O) groups excluding carboxylic acids is 1. The summed E-state index contributed by atoms with van der Waals surface area (Å²) in [5, 5.41) is 2.15. The van der Waals surface area contributed by atoms with Crippen molar-refractivity contribution in [2.75, 3.05) is 12.3 Å². The second-order valence-corrected chi connectivity index (χ2v) is 8.70. The van der Waals surface area contributed by atoms with Crippen LogP contribution in [0.1, 0.15) is 36.1 Å². The van der Waals surface area contributed by atoms with Crippen molar-refractivity contribution in [2.24, 2.45) is 0 Å². The number of esters is 1. The molecular weight excluding hydrogens is 436 g/mol. The molecule has 0 amide bonds. The highest BCUT2D eigenvalue weighted by Gasteiger charge is 2.27. The van der Waals surface area contributed by atoms with Crippen molar-refractivity contribution in [3.05, 3.63) is 101 Å². The Hall–Kier alpha value is -4.30. The number of rotatable bonds is 6. The highest BCUT2D eigenvalue weighted by molar-refractivity contribution is 5.95. The molecule has 0 spiro atoms. The third-order valence-corrected chi connectivity index (χ3v) is 6.51. The highest BCUT2D eigenvalue weighted by atomic mass is 16.5. The van der Waals surface area contributed by atoms with Crippen LogP contribution in [-0.4, -0.2) is 12.6 Å². The van der Waals surface area contributed by atoms with Crippen LogP contribution in [0.3, 0.4) is 0 Å². The fourth-order valence-electron chi connectivity index (χ4n) is 4.79. The molecule has 1 atom stereocenters. The molecule has 5 heteroatoms. The Morgan fingerprint density at radius 1 is 1.06 bits per heavy atom. The van der Waals surface area contributed by atoms with Gasteiger partial charge >= 0.3 is 5.97 Å². The second kappa shape index (κ2) is 9.52. The van der Waals surface area contributed by atoms with E-state index in [1.54, 1.807) is 19.1 Å². The second-order valence-electron chi connectivity index (χ2n) is 8.70. The van der Waals surface area contributed by atoms with Crippen molar-refractivity contribution in [2.45, 2.75) is 32.3 Å². The molecule has 4 aromatic carbocycles. The van der Waals surface area contributed by atoms with Crippen molar-refractivity contribution in [1.29, 1.82) is 0 Å². The van der Waals surface area contributed by atoms with Gasteiger partial charge in [0.25, 0.3) is 0 Å². The van der Waals surface area contributed by atoms with E-state index < -0.39 is 0 Å². The lowest BCUT2D eigenvalue weighted by Crippen LogP contribution is -2.11. The molecule has 2 N–H and O–H groups in total. The lowest BCUT2D eigenvalue weighted by Gasteiger charge is -2.20. The number of aryl methyl sites for hydroxylation is 1. The first-order valence-corrected chi connectivity index (χ1v) is 11.8. The maximum atomic E-state index is 12.2. The summed E-state index contributed by atoms with van der Waals surface area (Å²) in [4.78, 5) is 15.8. The van der Waals surface area contributed by atoms with Gasteiger partial charge in [0.15, 0.2) is 0 Å². The molecule has 4 aromatic rings. The number of hydrogen-bond acceptors (Lipinski definition) is 4. The van der Waals surface area contributed by atoms with Gasteiger partial charge in [0.1, 0.15) is 11.9 Å². The monoisotopic (exact) mass is 462 g/mol. The molecule has 5 rings (SSSR count). The van der Waals surface area contributed by atoms with Crippen LogP contribution in [0.15, 0.2) is 72.8 Å². The summed E-state index contributed by atoms with van der Waals surface area (Å²) in [7, 11) is 0. The zero-order valence-electron chi connectivity index (χ0n) is 19.6. The summed E-state index contributed by atoms with van der Waals surface area (Å²) < 4.78 is 11.6. The average molecular weight is 463 g/mol. The number of para-hydroxylation sites is 1. The zero-order chi connectivity index (χ0) is 24.4. The minimum Gasteiger partial charge on any atom is -0.496 e. The van der Waals surface area contributed by atoms with E-state index in [1.807, 2.05) is 18.2 Å². The molecule has 1 aliphatic rings. The van der Waals surface area contributed by atoms with Crippen LogP contribution in [0.4, 0.5) is 11.4 Å². The van der Waals surface area contributed by atoms with Gasteiger partial charge in [-0.3, -0.25) is 4.79 Å². The standard InChI is InChI=1S/C30H26N2O3/c1-3-34-29(33)18-23-7-5-9-27(32-2)30(23)35-28-15-14-20-11-13-22(17-25(20)28)21-12-10-19-6-4-8-26(31)24(19)16-21/h4-13,16-17,28H,3,14-15,18,31H2,1H3/t28-/m1/s1. The lowest BCUT2D eigenvalue weighted by atomic mass is 9.97. The maximum Gasteiger partial charge on any atom is 0.310 e. The van der Waals surface area contributed by atoms with Gasteiger partial charge in [0.2, 0.25) is 5.69 Å². The predicted octanol–water partition coefficient (Wildman–Crippen LogP) is 6.81. The summed E-state index contributed by atoms with van der Waals surface area (Å²) in [5.74, 6) is 0.140. The van der Waals surface area contributed by atoms with Crippen LogP contribution < -0.4 is 10.5 Å². The first-order valence-electron chi connectivity index (χ1n) is 11.8. The van der Waals surface area contributed by atoms with E-state index in [1.165, 1.54) is 5.56 Å². The molecule has 0 heterocycles. The Labute approximate surface area is 204 Å². The molecule has 0 radical (unpaired) electrons. The van der Waals surface area contributed by atoms with E-state index >= 15 is 0 Å². The molecule has 35 heavy (non-hydrogen) atoms. The summed E-state index contributed by atoms with van der Waals surface area (Å²) in [6.07, 6.45) is 1.59. The fraction of sp³-hybridized carbons (Fsp3) is 0.200. The first kappa shape index (κ1) is 22.5. The number of ether oxygens (including phenoxy) is 2. The predicted molar refractivity (Wildman–Crippen MR) is 139 cm³/mol. The Kier molecular flexibility index (Phi) is 6.12. The van der Waals surface area contributed by atoms with E-state index in [2.05, 4.69) is 47.3 Å². The summed E-state index contributed by atoms with van der Waals surface area (Å²) >= 11 is 0. The molecule has 0 saturated carbocycles. The number of nitrogen functional groups attached to an aromatic ring is 1. The molecule has 1 aliphatic carbocycles. The average Bonchev–Trinajstić information content (AvgIpc) is 3.27. The van der Waals surface area contributed by atoms with E-state index in [-0.39, 0.29) is 18.5 Å². The maximum absolute atomic E-state index is 12.2. The Morgan fingerprint density at radius 3 is 2.69 bits per heavy atom. The van der Waals surface area contributed by atoms with Gasteiger partial charge in [-0.1, -0.05) is 54.6 Å². The van der Waals surface area contributed by atoms with Crippen molar-refractivity contribution < 1.29 is 14.3 Å². The zero-order valence-corrected chi connectivity index (χ0v) is 19.6. The molecule has 0 saturated heterocycles. The number of hydrogen-bond donors (Lipinski definition) is 1. The van der Waals surface area contributed by atoms with Crippen LogP contribution in [0.5, 0.6) is 5.75 Å². The topological polar surface area (TPSA) is 65.9 Å². The van der Waals surface area contributed by atoms with Gasteiger partial charge in [-0.2, -0.15) is 0 Å². The number of benzene rings is 4. The largest absolute Gasteiger partial charge is 0.496 e. The van der Waals surface area contributed by atoms with Crippen molar-refractivity contribution in [3.63, 3.8) is 0 Å². The van der Waals surface area contributed by atoms with Crippen molar-refractivity contribution in [1.82, 2.24) is 0 Å². The van der Waals surface area contributed by atoms with E-state index in [0.717, 1.165) is 46.0 Å². The third kappa shape index (κ3) is 4.43. The smallest absolute Gasteiger partial charge is 0.310 e. The van der Waals surface area contributed by atoms with Gasteiger partial charge in [-0.15, -0.1) is 0 Å². The minimum atomic E-state index is -0.329. The van der Waals surface area contributed by atoms with Gasteiger partial charge in [0, 0.05) is 11.1 Å². The molecule has 0 unspecified atom stereocenters.